The molecule has 2 rings (SSSR count). The van der Waals surface area contributed by atoms with Crippen LogP contribution in [0, 0.1) is 15.9 Å². The van der Waals surface area contributed by atoms with Crippen LogP contribution in [-0.4, -0.2) is 15.0 Å². The Morgan fingerprint density at radius 1 is 1.38 bits per heavy atom. The van der Waals surface area contributed by atoms with Gasteiger partial charge in [0, 0.05) is 12.1 Å². The molecule has 0 saturated carbocycles. The third kappa shape index (κ3) is 3.51. The van der Waals surface area contributed by atoms with Crippen molar-refractivity contribution in [3.63, 3.8) is 0 Å². The fourth-order valence-electron chi connectivity index (χ4n) is 1.69. The van der Waals surface area contributed by atoms with Gasteiger partial charge in [0.1, 0.15) is 11.5 Å². The van der Waals surface area contributed by atoms with E-state index in [1.165, 1.54) is 12.3 Å². The molecule has 1 aromatic carbocycles. The van der Waals surface area contributed by atoms with Crippen LogP contribution >= 0.6 is 0 Å². The number of ether oxygens (including phenoxy) is 1. The van der Waals surface area contributed by atoms with Crippen molar-refractivity contribution in [3.05, 3.63) is 58.2 Å². The molecule has 2 aromatic rings. The molecule has 0 aliphatic heterocycles. The maximum Gasteiger partial charge on any atom is 0.305 e. The largest absolute Gasteiger partial charge is 0.456 e. The summed E-state index contributed by atoms with van der Waals surface area (Å²) in [6.07, 6.45) is 1.30. The topological polar surface area (TPSA) is 85.5 Å². The highest BCUT2D eigenvalue weighted by Crippen LogP contribution is 2.26. The highest BCUT2D eigenvalue weighted by Gasteiger charge is 2.14. The van der Waals surface area contributed by atoms with E-state index < -0.39 is 22.5 Å². The summed E-state index contributed by atoms with van der Waals surface area (Å²) in [5.41, 5.74) is -0.0957. The van der Waals surface area contributed by atoms with Crippen molar-refractivity contribution in [2.24, 2.45) is 0 Å². The second kappa shape index (κ2) is 6.27. The molecule has 7 heteroatoms. The van der Waals surface area contributed by atoms with Crippen LogP contribution in [0.4, 0.5) is 10.1 Å². The molecule has 1 heterocycles. The van der Waals surface area contributed by atoms with Gasteiger partial charge < -0.3 is 9.84 Å². The van der Waals surface area contributed by atoms with Crippen LogP contribution in [0.1, 0.15) is 25.1 Å². The molecular weight excluding hydrogens is 279 g/mol. The summed E-state index contributed by atoms with van der Waals surface area (Å²) in [4.78, 5) is 13.7. The lowest BCUT2D eigenvalue weighted by molar-refractivity contribution is -0.387. The minimum atomic E-state index is -0.969. The van der Waals surface area contributed by atoms with E-state index in [0.717, 1.165) is 12.1 Å². The van der Waals surface area contributed by atoms with Crippen molar-refractivity contribution in [1.82, 2.24) is 4.98 Å². The zero-order valence-corrected chi connectivity index (χ0v) is 11.2. The van der Waals surface area contributed by atoms with Gasteiger partial charge in [0.15, 0.2) is 0 Å². The normalized spacial score (nSPS) is 12.0. The van der Waals surface area contributed by atoms with Crippen LogP contribution in [0.25, 0.3) is 0 Å². The Balaban J connectivity index is 2.15. The molecule has 1 N–H and O–H groups in total. The molecule has 0 saturated heterocycles. The summed E-state index contributed by atoms with van der Waals surface area (Å²) in [5.74, 6) is -0.498. The number of halogens is 1. The van der Waals surface area contributed by atoms with Crippen LogP contribution in [0.3, 0.4) is 0 Å². The number of hydrogen-bond donors (Lipinski definition) is 1. The monoisotopic (exact) mass is 292 g/mol. The molecule has 1 aromatic heterocycles. The number of aliphatic hydroxyl groups excluding tert-OH is 1. The van der Waals surface area contributed by atoms with Gasteiger partial charge in [-0.2, -0.15) is 4.39 Å². The van der Waals surface area contributed by atoms with Crippen LogP contribution in [0.15, 0.2) is 36.5 Å². The summed E-state index contributed by atoms with van der Waals surface area (Å²) in [6.45, 7) is 1.83. The first kappa shape index (κ1) is 14.9. The molecule has 6 nitrogen and oxygen atoms in total. The van der Waals surface area contributed by atoms with E-state index in [2.05, 4.69) is 4.98 Å². The standard InChI is InChI=1S/C14H13FN2O4/c1-2-14(18)12-5-3-10(8-16-12)21-9-4-6-13(17(19)20)11(15)7-9/h3-8,14,18H,2H2,1H3. The molecule has 0 aliphatic rings. The Morgan fingerprint density at radius 3 is 2.62 bits per heavy atom. The number of pyridine rings is 1. The van der Waals surface area contributed by atoms with Crippen molar-refractivity contribution < 1.29 is 19.2 Å². The summed E-state index contributed by atoms with van der Waals surface area (Å²) in [5, 5.41) is 20.1. The van der Waals surface area contributed by atoms with Gasteiger partial charge in [-0.15, -0.1) is 0 Å². The molecule has 0 bridgehead atoms. The number of benzene rings is 1. The maximum atomic E-state index is 13.4. The zero-order valence-electron chi connectivity index (χ0n) is 11.2. The number of rotatable bonds is 5. The van der Waals surface area contributed by atoms with E-state index in [1.807, 2.05) is 6.92 Å². The molecular formula is C14H13FN2O4. The maximum absolute atomic E-state index is 13.4. The predicted octanol–water partition coefficient (Wildman–Crippen LogP) is 3.36. The molecule has 1 unspecified atom stereocenters. The van der Waals surface area contributed by atoms with Crippen LogP contribution in [-0.2, 0) is 0 Å². The predicted molar refractivity (Wildman–Crippen MR) is 72.6 cm³/mol. The number of aliphatic hydroxyl groups is 1. The molecule has 0 aliphatic carbocycles. The minimum absolute atomic E-state index is 0.128. The average molecular weight is 292 g/mol. The van der Waals surface area contributed by atoms with E-state index in [0.29, 0.717) is 17.9 Å². The molecule has 0 amide bonds. The number of hydrogen-bond acceptors (Lipinski definition) is 5. The first-order valence-electron chi connectivity index (χ1n) is 6.27. The van der Waals surface area contributed by atoms with Crippen LogP contribution < -0.4 is 4.74 Å². The van der Waals surface area contributed by atoms with Crippen molar-refractivity contribution in [3.8, 4) is 11.5 Å². The number of aromatic nitrogens is 1. The van der Waals surface area contributed by atoms with Gasteiger partial charge in [-0.3, -0.25) is 15.1 Å². The van der Waals surface area contributed by atoms with Gasteiger partial charge in [0.05, 0.1) is 22.9 Å². The van der Waals surface area contributed by atoms with Gasteiger partial charge >= 0.3 is 5.69 Å². The first-order chi connectivity index (χ1) is 10.0. The quantitative estimate of drug-likeness (QED) is 0.674. The van der Waals surface area contributed by atoms with E-state index in [4.69, 9.17) is 4.74 Å². The summed E-state index contributed by atoms with van der Waals surface area (Å²) in [7, 11) is 0. The Bertz CT molecular complexity index is 646. The first-order valence-corrected chi connectivity index (χ1v) is 6.27. The Kier molecular flexibility index (Phi) is 4.44. The second-order valence-electron chi connectivity index (χ2n) is 4.32. The average Bonchev–Trinajstić information content (AvgIpc) is 2.47. The van der Waals surface area contributed by atoms with E-state index in [9.17, 15) is 19.6 Å². The number of nitro benzene ring substituents is 1. The minimum Gasteiger partial charge on any atom is -0.456 e. The van der Waals surface area contributed by atoms with E-state index >= 15 is 0 Å². The lowest BCUT2D eigenvalue weighted by Crippen LogP contribution is -1.98. The molecule has 1 atom stereocenters. The highest BCUT2D eigenvalue weighted by molar-refractivity contribution is 5.39. The molecule has 0 spiro atoms. The van der Waals surface area contributed by atoms with Gasteiger partial charge in [0.25, 0.3) is 0 Å². The summed E-state index contributed by atoms with van der Waals surface area (Å²) < 4.78 is 18.8. The summed E-state index contributed by atoms with van der Waals surface area (Å²) >= 11 is 0. The Morgan fingerprint density at radius 2 is 2.10 bits per heavy atom. The molecule has 0 radical (unpaired) electrons. The van der Waals surface area contributed by atoms with Crippen molar-refractivity contribution >= 4 is 5.69 Å². The third-order valence-electron chi connectivity index (χ3n) is 2.84. The number of nitrogens with zero attached hydrogens (tertiary/aromatic N) is 2. The fourth-order valence-corrected chi connectivity index (χ4v) is 1.69. The van der Waals surface area contributed by atoms with Crippen LogP contribution in [0.2, 0.25) is 0 Å². The fraction of sp³-hybridized carbons (Fsp3) is 0.214. The van der Waals surface area contributed by atoms with Crippen molar-refractivity contribution in [2.45, 2.75) is 19.4 Å². The van der Waals surface area contributed by atoms with Gasteiger partial charge in [-0.05, 0) is 24.6 Å². The molecule has 21 heavy (non-hydrogen) atoms. The van der Waals surface area contributed by atoms with E-state index in [1.54, 1.807) is 12.1 Å². The Hall–Kier alpha value is -2.54. The van der Waals surface area contributed by atoms with Crippen molar-refractivity contribution in [2.75, 3.05) is 0 Å². The van der Waals surface area contributed by atoms with Gasteiger partial charge in [-0.25, -0.2) is 0 Å². The SMILES string of the molecule is CCC(O)c1ccc(Oc2ccc([N+](=O)[O-])c(F)c2)cn1. The lowest BCUT2D eigenvalue weighted by atomic mass is 10.2. The zero-order chi connectivity index (χ0) is 15.4. The Labute approximate surface area is 120 Å². The summed E-state index contributed by atoms with van der Waals surface area (Å²) in [6, 6.07) is 6.46. The molecule has 110 valence electrons. The smallest absolute Gasteiger partial charge is 0.305 e. The van der Waals surface area contributed by atoms with E-state index in [-0.39, 0.29) is 5.75 Å². The van der Waals surface area contributed by atoms with Gasteiger partial charge in [0.2, 0.25) is 5.82 Å². The highest BCUT2D eigenvalue weighted by atomic mass is 19.1. The lowest BCUT2D eigenvalue weighted by Gasteiger charge is -2.09. The van der Waals surface area contributed by atoms with Crippen molar-refractivity contribution in [1.29, 1.82) is 0 Å². The molecule has 0 fully saturated rings. The second-order valence-corrected chi connectivity index (χ2v) is 4.32. The number of nitro groups is 1. The van der Waals surface area contributed by atoms with Gasteiger partial charge in [-0.1, -0.05) is 6.92 Å². The third-order valence-corrected chi connectivity index (χ3v) is 2.84. The van der Waals surface area contributed by atoms with Crippen LogP contribution in [0.5, 0.6) is 11.5 Å².